The number of anilines is 1. The van der Waals surface area contributed by atoms with Gasteiger partial charge < -0.3 is 14.5 Å². The molecule has 0 spiro atoms. The Balaban J connectivity index is 1.31. The number of amides is 1. The van der Waals surface area contributed by atoms with E-state index in [1.165, 1.54) is 11.6 Å². The van der Waals surface area contributed by atoms with E-state index in [-0.39, 0.29) is 11.0 Å². The summed E-state index contributed by atoms with van der Waals surface area (Å²) >= 11 is 5.25. The quantitative estimate of drug-likeness (QED) is 0.283. The standard InChI is InChI=1S/C27H25N3O3S/c1-17-14-18(2)26-23(15-17)29-25(33-26)16-20-4-9-21(10-5-20)28-27(34)30-24(31)13-8-19-6-11-22(32-3)12-7-19/h4-15H,16H2,1-3H3,(H2,28,30,31,34)/b13-8+. The third-order valence-corrected chi connectivity index (χ3v) is 5.42. The molecule has 34 heavy (non-hydrogen) atoms. The van der Waals surface area contributed by atoms with Crippen LogP contribution in [-0.4, -0.2) is 23.1 Å². The highest BCUT2D eigenvalue weighted by atomic mass is 32.1. The van der Waals surface area contributed by atoms with Gasteiger partial charge in [0.25, 0.3) is 0 Å². The lowest BCUT2D eigenvalue weighted by molar-refractivity contribution is -0.115. The molecule has 4 rings (SSSR count). The van der Waals surface area contributed by atoms with E-state index in [1.807, 2.05) is 61.5 Å². The molecule has 3 aromatic carbocycles. The molecule has 0 unspecified atom stereocenters. The van der Waals surface area contributed by atoms with Crippen molar-refractivity contribution in [2.75, 3.05) is 12.4 Å². The molecular weight excluding hydrogens is 446 g/mol. The van der Waals surface area contributed by atoms with Crippen LogP contribution in [0.2, 0.25) is 0 Å². The number of nitrogens with one attached hydrogen (secondary N) is 2. The minimum absolute atomic E-state index is 0.224. The van der Waals surface area contributed by atoms with Crippen molar-refractivity contribution < 1.29 is 13.9 Å². The summed E-state index contributed by atoms with van der Waals surface area (Å²) in [4.78, 5) is 16.8. The van der Waals surface area contributed by atoms with E-state index in [1.54, 1.807) is 13.2 Å². The number of rotatable bonds is 6. The van der Waals surface area contributed by atoms with E-state index in [0.29, 0.717) is 12.3 Å². The highest BCUT2D eigenvalue weighted by Gasteiger charge is 2.10. The molecule has 0 saturated heterocycles. The van der Waals surface area contributed by atoms with E-state index >= 15 is 0 Å². The number of hydrogen-bond donors (Lipinski definition) is 2. The average molecular weight is 472 g/mol. The lowest BCUT2D eigenvalue weighted by Crippen LogP contribution is -2.32. The normalized spacial score (nSPS) is 11.0. The Hall–Kier alpha value is -3.97. The maximum Gasteiger partial charge on any atom is 0.250 e. The number of nitrogens with zero attached hydrogens (tertiary/aromatic N) is 1. The van der Waals surface area contributed by atoms with Crippen LogP contribution in [0.4, 0.5) is 5.69 Å². The van der Waals surface area contributed by atoms with Crippen molar-refractivity contribution in [3.63, 3.8) is 0 Å². The minimum atomic E-state index is -0.313. The summed E-state index contributed by atoms with van der Waals surface area (Å²) in [6.45, 7) is 4.08. The van der Waals surface area contributed by atoms with Crippen LogP contribution in [0, 0.1) is 13.8 Å². The number of ether oxygens (including phenoxy) is 1. The Kier molecular flexibility index (Phi) is 7.04. The molecule has 172 valence electrons. The zero-order valence-corrected chi connectivity index (χ0v) is 20.0. The van der Waals surface area contributed by atoms with E-state index in [4.69, 9.17) is 21.4 Å². The molecule has 6 nitrogen and oxygen atoms in total. The summed E-state index contributed by atoms with van der Waals surface area (Å²) in [5.74, 6) is 1.12. The van der Waals surface area contributed by atoms with Gasteiger partial charge in [-0.15, -0.1) is 0 Å². The minimum Gasteiger partial charge on any atom is -0.497 e. The molecule has 2 N–H and O–H groups in total. The number of methoxy groups -OCH3 is 1. The Morgan fingerprint density at radius 3 is 2.53 bits per heavy atom. The number of carbonyl (C=O) groups excluding carboxylic acids is 1. The predicted octanol–water partition coefficient (Wildman–Crippen LogP) is 5.57. The van der Waals surface area contributed by atoms with Crippen molar-refractivity contribution in [2.45, 2.75) is 20.3 Å². The molecule has 0 fully saturated rings. The molecule has 1 heterocycles. The lowest BCUT2D eigenvalue weighted by atomic mass is 10.1. The smallest absolute Gasteiger partial charge is 0.250 e. The van der Waals surface area contributed by atoms with Crippen LogP contribution in [-0.2, 0) is 11.2 Å². The van der Waals surface area contributed by atoms with Crippen molar-refractivity contribution in [1.82, 2.24) is 10.3 Å². The highest BCUT2D eigenvalue weighted by molar-refractivity contribution is 7.80. The third-order valence-electron chi connectivity index (χ3n) is 5.21. The maximum atomic E-state index is 12.1. The first kappa shape index (κ1) is 23.2. The van der Waals surface area contributed by atoms with Gasteiger partial charge in [0.2, 0.25) is 5.91 Å². The second kappa shape index (κ2) is 10.3. The zero-order chi connectivity index (χ0) is 24.1. The van der Waals surface area contributed by atoms with Gasteiger partial charge in [0.1, 0.15) is 11.3 Å². The molecule has 7 heteroatoms. The molecule has 0 aliphatic rings. The van der Waals surface area contributed by atoms with E-state index < -0.39 is 0 Å². The molecule has 4 aromatic rings. The Bertz CT molecular complexity index is 1360. The summed E-state index contributed by atoms with van der Waals surface area (Å²) in [5.41, 5.74) is 6.69. The number of aryl methyl sites for hydroxylation is 2. The van der Waals surface area contributed by atoms with Gasteiger partial charge in [-0.1, -0.05) is 30.3 Å². The number of fused-ring (bicyclic) bond motifs is 1. The summed E-state index contributed by atoms with van der Waals surface area (Å²) in [7, 11) is 1.61. The van der Waals surface area contributed by atoms with E-state index in [0.717, 1.165) is 39.2 Å². The maximum absolute atomic E-state index is 12.1. The monoisotopic (exact) mass is 471 g/mol. The molecule has 0 radical (unpaired) electrons. The Morgan fingerprint density at radius 2 is 1.82 bits per heavy atom. The van der Waals surface area contributed by atoms with Gasteiger partial charge in [-0.05, 0) is 84.7 Å². The molecule has 0 aliphatic carbocycles. The van der Waals surface area contributed by atoms with Gasteiger partial charge >= 0.3 is 0 Å². The summed E-state index contributed by atoms with van der Waals surface area (Å²) < 4.78 is 11.1. The Labute approximate surface area is 203 Å². The highest BCUT2D eigenvalue weighted by Crippen LogP contribution is 2.23. The van der Waals surface area contributed by atoms with Crippen LogP contribution in [0.3, 0.4) is 0 Å². The first-order valence-electron chi connectivity index (χ1n) is 10.8. The second-order valence-corrected chi connectivity index (χ2v) is 8.37. The number of oxazole rings is 1. The van der Waals surface area contributed by atoms with Crippen molar-refractivity contribution in [1.29, 1.82) is 0 Å². The van der Waals surface area contributed by atoms with Gasteiger partial charge in [-0.25, -0.2) is 4.98 Å². The van der Waals surface area contributed by atoms with Gasteiger partial charge in [-0.2, -0.15) is 0 Å². The zero-order valence-electron chi connectivity index (χ0n) is 19.2. The first-order valence-corrected chi connectivity index (χ1v) is 11.2. The first-order chi connectivity index (χ1) is 16.4. The van der Waals surface area contributed by atoms with Gasteiger partial charge in [0.05, 0.1) is 7.11 Å². The molecular formula is C27H25N3O3S. The fourth-order valence-electron chi connectivity index (χ4n) is 3.58. The number of aromatic nitrogens is 1. The summed E-state index contributed by atoms with van der Waals surface area (Å²) in [6.07, 6.45) is 3.73. The second-order valence-electron chi connectivity index (χ2n) is 7.96. The van der Waals surface area contributed by atoms with Crippen LogP contribution in [0.25, 0.3) is 17.2 Å². The largest absolute Gasteiger partial charge is 0.497 e. The van der Waals surface area contributed by atoms with Crippen LogP contribution in [0.1, 0.15) is 28.1 Å². The van der Waals surface area contributed by atoms with Crippen LogP contribution in [0.15, 0.2) is 71.2 Å². The van der Waals surface area contributed by atoms with Crippen LogP contribution >= 0.6 is 12.2 Å². The summed E-state index contributed by atoms with van der Waals surface area (Å²) in [5, 5.41) is 5.89. The number of thiocarbonyl (C=S) groups is 1. The molecule has 0 bridgehead atoms. The molecule has 0 atom stereocenters. The van der Waals surface area contributed by atoms with Crippen molar-refractivity contribution >= 4 is 46.1 Å². The van der Waals surface area contributed by atoms with Gasteiger partial charge in [0.15, 0.2) is 16.6 Å². The Morgan fingerprint density at radius 1 is 1.09 bits per heavy atom. The average Bonchev–Trinajstić information content (AvgIpc) is 3.22. The fraction of sp³-hybridized carbons (Fsp3) is 0.148. The third kappa shape index (κ3) is 5.88. The molecule has 0 aliphatic heterocycles. The molecule has 1 amide bonds. The van der Waals surface area contributed by atoms with Gasteiger partial charge in [-0.3, -0.25) is 10.1 Å². The van der Waals surface area contributed by atoms with Crippen molar-refractivity contribution in [3.8, 4) is 5.75 Å². The number of hydrogen-bond acceptors (Lipinski definition) is 5. The topological polar surface area (TPSA) is 76.4 Å². The summed E-state index contributed by atoms with van der Waals surface area (Å²) in [6, 6.07) is 19.3. The van der Waals surface area contributed by atoms with Crippen molar-refractivity contribution in [2.24, 2.45) is 0 Å². The van der Waals surface area contributed by atoms with Crippen molar-refractivity contribution in [3.05, 3.63) is 94.9 Å². The molecule has 1 aromatic heterocycles. The number of carbonyl (C=O) groups is 1. The van der Waals surface area contributed by atoms with Crippen LogP contribution < -0.4 is 15.4 Å². The predicted molar refractivity (Wildman–Crippen MR) is 139 cm³/mol. The number of benzene rings is 3. The van der Waals surface area contributed by atoms with Crippen LogP contribution in [0.5, 0.6) is 5.75 Å². The fourth-order valence-corrected chi connectivity index (χ4v) is 3.80. The SMILES string of the molecule is COc1ccc(/C=C/C(=O)NC(=S)Nc2ccc(Cc3nc4cc(C)cc(C)c4o3)cc2)cc1. The lowest BCUT2D eigenvalue weighted by Gasteiger charge is -2.08. The van der Waals surface area contributed by atoms with Gasteiger partial charge in [0, 0.05) is 18.2 Å². The van der Waals surface area contributed by atoms with E-state index in [9.17, 15) is 4.79 Å². The van der Waals surface area contributed by atoms with E-state index in [2.05, 4.69) is 28.6 Å². The molecule has 0 saturated carbocycles.